The molecule has 0 aromatic carbocycles. The molecule has 0 aromatic heterocycles. The summed E-state index contributed by atoms with van der Waals surface area (Å²) in [5.41, 5.74) is 6.17. The summed E-state index contributed by atoms with van der Waals surface area (Å²) in [6.45, 7) is 4.82. The van der Waals surface area contributed by atoms with Gasteiger partial charge in [0.25, 0.3) is 0 Å². The minimum absolute atomic E-state index is 0.429. The van der Waals surface area contributed by atoms with Crippen LogP contribution in [0.2, 0.25) is 0 Å². The minimum atomic E-state index is 0.429. The Bertz CT molecular complexity index is 217. The van der Waals surface area contributed by atoms with Crippen molar-refractivity contribution in [2.45, 2.75) is 44.3 Å². The lowest BCUT2D eigenvalue weighted by molar-refractivity contribution is 0.205. The Hall–Kier alpha value is -0.120. The molecule has 3 nitrogen and oxygen atoms in total. The summed E-state index contributed by atoms with van der Waals surface area (Å²) >= 11 is 0. The van der Waals surface area contributed by atoms with Crippen LogP contribution in [-0.4, -0.2) is 55.1 Å². The highest BCUT2D eigenvalue weighted by atomic mass is 15.3. The molecular weight excluding hydrogens is 186 g/mol. The fraction of sp³-hybridized carbons (Fsp3) is 1.00. The van der Waals surface area contributed by atoms with Gasteiger partial charge in [0.05, 0.1) is 0 Å². The average Bonchev–Trinajstić information content (AvgIpc) is 2.71. The van der Waals surface area contributed by atoms with Gasteiger partial charge in [0.15, 0.2) is 0 Å². The van der Waals surface area contributed by atoms with Gasteiger partial charge < -0.3 is 10.6 Å². The lowest BCUT2D eigenvalue weighted by Crippen LogP contribution is -2.44. The van der Waals surface area contributed by atoms with E-state index in [1.54, 1.807) is 0 Å². The van der Waals surface area contributed by atoms with E-state index < -0.39 is 0 Å². The molecular formula is C12H25N3. The molecule has 4 unspecified atom stereocenters. The Morgan fingerprint density at radius 1 is 1.20 bits per heavy atom. The van der Waals surface area contributed by atoms with Gasteiger partial charge in [0, 0.05) is 31.2 Å². The van der Waals surface area contributed by atoms with Gasteiger partial charge in [-0.25, -0.2) is 0 Å². The second-order valence-corrected chi connectivity index (χ2v) is 5.62. The monoisotopic (exact) mass is 211 g/mol. The summed E-state index contributed by atoms with van der Waals surface area (Å²) in [4.78, 5) is 5.00. The van der Waals surface area contributed by atoms with Crippen molar-refractivity contribution in [2.75, 3.05) is 27.2 Å². The third kappa shape index (κ3) is 2.19. The Morgan fingerprint density at radius 2 is 1.93 bits per heavy atom. The fourth-order valence-electron chi connectivity index (χ4n) is 3.35. The molecule has 2 rings (SSSR count). The first-order valence-corrected chi connectivity index (χ1v) is 6.25. The van der Waals surface area contributed by atoms with Crippen LogP contribution in [0.4, 0.5) is 0 Å². The third-order valence-electron chi connectivity index (χ3n) is 4.26. The Morgan fingerprint density at radius 3 is 2.40 bits per heavy atom. The van der Waals surface area contributed by atoms with Crippen molar-refractivity contribution in [1.29, 1.82) is 0 Å². The smallest absolute Gasteiger partial charge is 0.0254 e. The first-order chi connectivity index (χ1) is 7.09. The van der Waals surface area contributed by atoms with E-state index in [4.69, 9.17) is 5.73 Å². The van der Waals surface area contributed by atoms with E-state index >= 15 is 0 Å². The van der Waals surface area contributed by atoms with Gasteiger partial charge in [0.1, 0.15) is 0 Å². The topological polar surface area (TPSA) is 32.5 Å². The molecule has 0 radical (unpaired) electrons. The van der Waals surface area contributed by atoms with E-state index in [0.717, 1.165) is 12.0 Å². The number of nitrogens with zero attached hydrogens (tertiary/aromatic N) is 2. The zero-order chi connectivity index (χ0) is 11.0. The SMILES string of the molecule is CC1CN(C2CCCC2N)CC1N(C)C. The first-order valence-electron chi connectivity index (χ1n) is 6.25. The van der Waals surface area contributed by atoms with Crippen LogP contribution < -0.4 is 5.73 Å². The Labute approximate surface area is 93.6 Å². The van der Waals surface area contributed by atoms with Gasteiger partial charge in [-0.15, -0.1) is 0 Å². The summed E-state index contributed by atoms with van der Waals surface area (Å²) in [5.74, 6) is 0.785. The summed E-state index contributed by atoms with van der Waals surface area (Å²) in [7, 11) is 4.39. The van der Waals surface area contributed by atoms with Gasteiger partial charge in [-0.05, 0) is 32.9 Å². The molecule has 2 N–H and O–H groups in total. The molecule has 0 aromatic rings. The van der Waals surface area contributed by atoms with E-state index in [1.165, 1.54) is 32.4 Å². The highest BCUT2D eigenvalue weighted by molar-refractivity contribution is 4.95. The van der Waals surface area contributed by atoms with Crippen molar-refractivity contribution in [1.82, 2.24) is 9.80 Å². The third-order valence-corrected chi connectivity index (χ3v) is 4.26. The number of likely N-dealkylation sites (N-methyl/N-ethyl adjacent to an activating group) is 1. The summed E-state index contributed by atoms with van der Waals surface area (Å²) in [6.07, 6.45) is 3.86. The number of likely N-dealkylation sites (tertiary alicyclic amines) is 1. The Kier molecular flexibility index (Phi) is 3.33. The molecule has 0 spiro atoms. The lowest BCUT2D eigenvalue weighted by atomic mass is 10.1. The normalized spacial score (nSPS) is 43.0. The number of nitrogens with two attached hydrogens (primary N) is 1. The molecule has 88 valence electrons. The summed E-state index contributed by atoms with van der Waals surface area (Å²) < 4.78 is 0. The van der Waals surface area contributed by atoms with E-state index in [9.17, 15) is 0 Å². The highest BCUT2D eigenvalue weighted by Gasteiger charge is 2.38. The minimum Gasteiger partial charge on any atom is -0.326 e. The van der Waals surface area contributed by atoms with Crippen LogP contribution in [0.5, 0.6) is 0 Å². The molecule has 15 heavy (non-hydrogen) atoms. The first kappa shape index (κ1) is 11.4. The van der Waals surface area contributed by atoms with E-state index in [0.29, 0.717) is 12.1 Å². The second kappa shape index (κ2) is 4.40. The molecule has 1 heterocycles. The van der Waals surface area contributed by atoms with Gasteiger partial charge in [-0.2, -0.15) is 0 Å². The predicted octanol–water partition coefficient (Wildman–Crippen LogP) is 0.748. The maximum Gasteiger partial charge on any atom is 0.0254 e. The van der Waals surface area contributed by atoms with Crippen molar-refractivity contribution in [3.63, 3.8) is 0 Å². The maximum absolute atomic E-state index is 6.17. The van der Waals surface area contributed by atoms with Crippen LogP contribution in [-0.2, 0) is 0 Å². The lowest BCUT2D eigenvalue weighted by Gasteiger charge is -2.28. The molecule has 0 bridgehead atoms. The van der Waals surface area contributed by atoms with Crippen LogP contribution in [0.15, 0.2) is 0 Å². The standard InChI is InChI=1S/C12H25N3/c1-9-7-15(8-12(9)14(2)3)11-6-4-5-10(11)13/h9-12H,4-8,13H2,1-3H3. The number of rotatable bonds is 2. The second-order valence-electron chi connectivity index (χ2n) is 5.62. The molecule has 1 saturated carbocycles. The van der Waals surface area contributed by atoms with E-state index in [2.05, 4.69) is 30.8 Å². The van der Waals surface area contributed by atoms with Crippen LogP contribution in [0.3, 0.4) is 0 Å². The quantitative estimate of drug-likeness (QED) is 0.731. The molecule has 0 amide bonds. The van der Waals surface area contributed by atoms with E-state index in [1.807, 2.05) is 0 Å². The van der Waals surface area contributed by atoms with Crippen molar-refractivity contribution in [2.24, 2.45) is 11.7 Å². The average molecular weight is 211 g/mol. The highest BCUT2D eigenvalue weighted by Crippen LogP contribution is 2.29. The largest absolute Gasteiger partial charge is 0.326 e. The summed E-state index contributed by atoms with van der Waals surface area (Å²) in [6, 6.07) is 1.81. The number of hydrogen-bond donors (Lipinski definition) is 1. The molecule has 1 saturated heterocycles. The molecule has 1 aliphatic carbocycles. The zero-order valence-corrected chi connectivity index (χ0v) is 10.3. The molecule has 2 aliphatic rings. The molecule has 3 heteroatoms. The molecule has 4 atom stereocenters. The van der Waals surface area contributed by atoms with Crippen molar-refractivity contribution < 1.29 is 0 Å². The van der Waals surface area contributed by atoms with Crippen LogP contribution in [0.25, 0.3) is 0 Å². The summed E-state index contributed by atoms with van der Waals surface area (Å²) in [5, 5.41) is 0. The number of hydrogen-bond acceptors (Lipinski definition) is 3. The zero-order valence-electron chi connectivity index (χ0n) is 10.3. The van der Waals surface area contributed by atoms with Crippen molar-refractivity contribution >= 4 is 0 Å². The van der Waals surface area contributed by atoms with Crippen LogP contribution >= 0.6 is 0 Å². The maximum atomic E-state index is 6.17. The Balaban J connectivity index is 1.96. The van der Waals surface area contributed by atoms with Crippen molar-refractivity contribution in [3.8, 4) is 0 Å². The van der Waals surface area contributed by atoms with Crippen LogP contribution in [0.1, 0.15) is 26.2 Å². The molecule has 2 fully saturated rings. The fourth-order valence-corrected chi connectivity index (χ4v) is 3.35. The van der Waals surface area contributed by atoms with Crippen LogP contribution in [0, 0.1) is 5.92 Å². The molecule has 1 aliphatic heterocycles. The van der Waals surface area contributed by atoms with E-state index in [-0.39, 0.29) is 0 Å². The predicted molar refractivity (Wildman–Crippen MR) is 63.8 cm³/mol. The van der Waals surface area contributed by atoms with Gasteiger partial charge >= 0.3 is 0 Å². The van der Waals surface area contributed by atoms with Gasteiger partial charge in [-0.3, -0.25) is 4.90 Å². The van der Waals surface area contributed by atoms with Crippen molar-refractivity contribution in [3.05, 3.63) is 0 Å². The van der Waals surface area contributed by atoms with Gasteiger partial charge in [-0.1, -0.05) is 13.3 Å². The van der Waals surface area contributed by atoms with Gasteiger partial charge in [0.2, 0.25) is 0 Å².